The van der Waals surface area contributed by atoms with Crippen LogP contribution in [-0.4, -0.2) is 24.9 Å². The molecule has 40 heavy (non-hydrogen) atoms. The minimum atomic E-state index is -4.97. The predicted molar refractivity (Wildman–Crippen MR) is 145 cm³/mol. The normalized spacial score (nSPS) is 11.4. The first kappa shape index (κ1) is 28.5. The van der Waals surface area contributed by atoms with Gasteiger partial charge in [0.2, 0.25) is 0 Å². The maximum Gasteiger partial charge on any atom is 0.573 e. The first-order valence-corrected chi connectivity index (χ1v) is 12.4. The van der Waals surface area contributed by atoms with Gasteiger partial charge >= 0.3 is 18.3 Å². The Morgan fingerprint density at radius 1 is 0.875 bits per heavy atom. The fourth-order valence-electron chi connectivity index (χ4n) is 4.15. The molecular weight excluding hydrogens is 525 g/mol. The molecular formula is C31H27F3O6. The van der Waals surface area contributed by atoms with Crippen LogP contribution in [0.25, 0.3) is 33.1 Å². The van der Waals surface area contributed by atoms with Crippen molar-refractivity contribution in [3.63, 3.8) is 0 Å². The Balaban J connectivity index is 1.69. The van der Waals surface area contributed by atoms with Crippen LogP contribution >= 0.6 is 0 Å². The molecule has 0 atom stereocenters. The molecule has 0 aliphatic carbocycles. The Labute approximate surface area is 228 Å². The van der Waals surface area contributed by atoms with Crippen LogP contribution in [0, 0.1) is 6.92 Å². The second kappa shape index (κ2) is 11.3. The number of benzene rings is 3. The quantitative estimate of drug-likeness (QED) is 0.0907. The number of halogens is 3. The number of rotatable bonds is 9. The van der Waals surface area contributed by atoms with Gasteiger partial charge in [0, 0.05) is 33.0 Å². The van der Waals surface area contributed by atoms with Crippen LogP contribution in [0.15, 0.2) is 77.3 Å². The predicted octanol–water partition coefficient (Wildman–Crippen LogP) is 7.99. The molecule has 0 radical (unpaired) electrons. The number of alkyl halides is 3. The van der Waals surface area contributed by atoms with Crippen molar-refractivity contribution in [1.29, 1.82) is 0 Å². The number of hydrogen-bond acceptors (Lipinski definition) is 6. The van der Waals surface area contributed by atoms with Crippen LogP contribution in [0.1, 0.15) is 31.4 Å². The zero-order valence-corrected chi connectivity index (χ0v) is 22.2. The van der Waals surface area contributed by atoms with Crippen molar-refractivity contribution in [3.8, 4) is 22.6 Å². The molecule has 9 heteroatoms. The van der Waals surface area contributed by atoms with E-state index in [1.807, 2.05) is 0 Å². The number of aryl methyl sites for hydroxylation is 2. The van der Waals surface area contributed by atoms with Gasteiger partial charge in [0.1, 0.15) is 11.3 Å². The largest absolute Gasteiger partial charge is 0.573 e. The lowest BCUT2D eigenvalue weighted by Gasteiger charge is -2.14. The lowest BCUT2D eigenvalue weighted by molar-refractivity contribution is -0.274. The first-order valence-electron chi connectivity index (χ1n) is 12.4. The Morgan fingerprint density at radius 2 is 1.50 bits per heavy atom. The molecule has 0 fully saturated rings. The fourth-order valence-corrected chi connectivity index (χ4v) is 4.15. The number of esters is 2. The molecule has 0 saturated heterocycles. The molecule has 4 aromatic rings. The van der Waals surface area contributed by atoms with E-state index in [0.29, 0.717) is 40.3 Å². The molecule has 0 aliphatic rings. The zero-order valence-electron chi connectivity index (χ0n) is 22.2. The first-order chi connectivity index (χ1) is 18.9. The van der Waals surface area contributed by atoms with Crippen LogP contribution < -0.4 is 9.47 Å². The summed E-state index contributed by atoms with van der Waals surface area (Å²) in [7, 11) is 0. The lowest BCUT2D eigenvalue weighted by atomic mass is 9.99. The average Bonchev–Trinajstić information content (AvgIpc) is 3.28. The number of carbonyl (C=O) groups is 2. The minimum absolute atomic E-state index is 0.0836. The number of furan rings is 1. The van der Waals surface area contributed by atoms with E-state index in [2.05, 4.69) is 17.9 Å². The molecule has 0 amide bonds. The molecule has 0 unspecified atom stereocenters. The monoisotopic (exact) mass is 552 g/mol. The Morgan fingerprint density at radius 3 is 2.12 bits per heavy atom. The molecule has 0 aliphatic heterocycles. The Kier molecular flexibility index (Phi) is 8.04. The lowest BCUT2D eigenvalue weighted by Crippen LogP contribution is -2.17. The summed E-state index contributed by atoms with van der Waals surface area (Å²) in [5, 5.41) is 0.962. The number of ether oxygens (including phenoxy) is 3. The topological polar surface area (TPSA) is 75.0 Å². The molecule has 0 saturated carbocycles. The maximum atomic E-state index is 13.6. The minimum Gasteiger partial charge on any atom is -0.462 e. The summed E-state index contributed by atoms with van der Waals surface area (Å²) in [6, 6.07) is 13.4. The molecule has 3 aromatic carbocycles. The van der Waals surface area contributed by atoms with Crippen molar-refractivity contribution in [2.75, 3.05) is 6.61 Å². The van der Waals surface area contributed by atoms with Crippen molar-refractivity contribution < 1.29 is 41.4 Å². The number of carbonyl (C=O) groups excluding carboxylic acids is 2. The van der Waals surface area contributed by atoms with Crippen LogP contribution in [-0.2, 0) is 20.7 Å². The molecule has 1 heterocycles. The van der Waals surface area contributed by atoms with Gasteiger partial charge in [-0.15, -0.1) is 13.2 Å². The van der Waals surface area contributed by atoms with Gasteiger partial charge in [-0.2, -0.15) is 0 Å². The van der Waals surface area contributed by atoms with E-state index < -0.39 is 24.1 Å². The van der Waals surface area contributed by atoms with Crippen molar-refractivity contribution in [1.82, 2.24) is 0 Å². The molecule has 1 aromatic heterocycles. The van der Waals surface area contributed by atoms with E-state index in [1.54, 1.807) is 62.4 Å². The summed E-state index contributed by atoms with van der Waals surface area (Å²) in [5.41, 5.74) is 2.76. The van der Waals surface area contributed by atoms with E-state index in [-0.39, 0.29) is 34.7 Å². The highest BCUT2D eigenvalue weighted by atomic mass is 19.4. The third kappa shape index (κ3) is 6.20. The summed E-state index contributed by atoms with van der Waals surface area (Å²) in [5.74, 6) is -1.34. The van der Waals surface area contributed by atoms with Crippen LogP contribution in [0.4, 0.5) is 13.2 Å². The van der Waals surface area contributed by atoms with E-state index in [0.717, 1.165) is 5.56 Å². The number of hydrogen-bond donors (Lipinski definition) is 0. The van der Waals surface area contributed by atoms with E-state index in [9.17, 15) is 22.8 Å². The zero-order chi connectivity index (χ0) is 29.2. The molecule has 4 rings (SSSR count). The Hall–Kier alpha value is -4.53. The van der Waals surface area contributed by atoms with Crippen molar-refractivity contribution >= 4 is 33.9 Å². The average molecular weight is 553 g/mol. The van der Waals surface area contributed by atoms with Gasteiger partial charge in [0.05, 0.1) is 6.61 Å². The summed E-state index contributed by atoms with van der Waals surface area (Å²) < 4.78 is 61.5. The summed E-state index contributed by atoms with van der Waals surface area (Å²) in [4.78, 5) is 23.5. The van der Waals surface area contributed by atoms with Gasteiger partial charge in [-0.3, -0.25) is 0 Å². The molecule has 208 valence electrons. The smallest absolute Gasteiger partial charge is 0.462 e. The summed E-state index contributed by atoms with van der Waals surface area (Å²) >= 11 is 0. The van der Waals surface area contributed by atoms with Crippen molar-refractivity contribution in [2.45, 2.75) is 40.0 Å². The van der Waals surface area contributed by atoms with Gasteiger partial charge < -0.3 is 18.6 Å². The highest BCUT2D eigenvalue weighted by Gasteiger charge is 2.34. The highest BCUT2D eigenvalue weighted by Crippen LogP contribution is 2.45. The molecule has 6 nitrogen and oxygen atoms in total. The number of fused-ring (bicyclic) bond motifs is 3. The third-order valence-electron chi connectivity index (χ3n) is 6.19. The fraction of sp³-hybridized carbons (Fsp3) is 0.226. The molecule has 0 N–H and O–H groups in total. The summed E-state index contributed by atoms with van der Waals surface area (Å²) in [6.45, 7) is 12.0. The Bertz CT molecular complexity index is 1630. The second-order valence-corrected chi connectivity index (χ2v) is 9.42. The van der Waals surface area contributed by atoms with Crippen molar-refractivity contribution in [2.24, 2.45) is 0 Å². The SMILES string of the molecule is C=C(C)C(=O)OCCCc1ccc(-c2ccc3c(oc4c(C)c(OC(=O)C(=C)C)ccc43)c2OC(F)(F)F)cc1. The second-order valence-electron chi connectivity index (χ2n) is 9.42. The summed E-state index contributed by atoms with van der Waals surface area (Å²) in [6.07, 6.45) is -3.79. The van der Waals surface area contributed by atoms with E-state index in [4.69, 9.17) is 13.9 Å². The van der Waals surface area contributed by atoms with Gasteiger partial charge in [-0.25, -0.2) is 9.59 Å². The van der Waals surface area contributed by atoms with Gasteiger partial charge in [0.25, 0.3) is 0 Å². The van der Waals surface area contributed by atoms with Crippen LogP contribution in [0.2, 0.25) is 0 Å². The van der Waals surface area contributed by atoms with Crippen molar-refractivity contribution in [3.05, 3.63) is 84.0 Å². The van der Waals surface area contributed by atoms with Gasteiger partial charge in [-0.05, 0) is 69.0 Å². The van der Waals surface area contributed by atoms with Gasteiger partial charge in [-0.1, -0.05) is 37.4 Å². The molecule has 0 spiro atoms. The standard InChI is InChI=1S/C31H27F3O6/c1-17(2)29(35)37-16-6-7-20-8-10-21(11-9-20)22-12-13-24-23-14-15-25(38-30(36)18(3)4)19(5)26(23)39-27(24)28(22)40-31(32,33)34/h8-15H,1,3,6-7,16H2,2,4-5H3. The molecule has 0 bridgehead atoms. The van der Waals surface area contributed by atoms with E-state index in [1.165, 1.54) is 6.92 Å². The highest BCUT2D eigenvalue weighted by molar-refractivity contribution is 6.10. The van der Waals surface area contributed by atoms with E-state index >= 15 is 0 Å². The van der Waals surface area contributed by atoms with Crippen LogP contribution in [0.3, 0.4) is 0 Å². The van der Waals surface area contributed by atoms with Gasteiger partial charge in [0.15, 0.2) is 11.3 Å². The van der Waals surface area contributed by atoms with Crippen LogP contribution in [0.5, 0.6) is 11.5 Å². The third-order valence-corrected chi connectivity index (χ3v) is 6.19. The maximum absolute atomic E-state index is 13.6.